The van der Waals surface area contributed by atoms with Crippen LogP contribution in [0.25, 0.3) is 11.0 Å². The lowest BCUT2D eigenvalue weighted by molar-refractivity contribution is 0.301. The molecule has 0 atom stereocenters. The van der Waals surface area contributed by atoms with E-state index in [1.807, 2.05) is 55.6 Å². The predicted octanol–water partition coefficient (Wildman–Crippen LogP) is 3.32. The SMILES string of the molecule is Cc1cc(=O)oc2cc(OCc3cn(Cc4ccccc4)nn3)ccc12. The molecule has 0 aliphatic heterocycles. The molecule has 2 aromatic heterocycles. The Bertz CT molecular complexity index is 1100. The van der Waals surface area contributed by atoms with Crippen LogP contribution in [0.5, 0.6) is 5.75 Å². The highest BCUT2D eigenvalue weighted by Crippen LogP contribution is 2.22. The summed E-state index contributed by atoms with van der Waals surface area (Å²) in [7, 11) is 0. The second-order valence-electron chi connectivity index (χ2n) is 6.09. The molecule has 0 amide bonds. The molecule has 6 heteroatoms. The Hall–Kier alpha value is -3.41. The third kappa shape index (κ3) is 3.49. The molecule has 0 saturated heterocycles. The number of fused-ring (bicyclic) bond motifs is 1. The topological polar surface area (TPSA) is 70.2 Å². The van der Waals surface area contributed by atoms with Crippen molar-refractivity contribution in [3.63, 3.8) is 0 Å². The van der Waals surface area contributed by atoms with E-state index in [9.17, 15) is 4.79 Å². The highest BCUT2D eigenvalue weighted by molar-refractivity contribution is 5.81. The zero-order chi connectivity index (χ0) is 17.9. The lowest BCUT2D eigenvalue weighted by atomic mass is 10.1. The molecule has 0 radical (unpaired) electrons. The van der Waals surface area contributed by atoms with Gasteiger partial charge < -0.3 is 9.15 Å². The highest BCUT2D eigenvalue weighted by Gasteiger charge is 2.06. The van der Waals surface area contributed by atoms with Crippen molar-refractivity contribution in [1.29, 1.82) is 0 Å². The molecule has 0 spiro atoms. The number of nitrogens with zero attached hydrogens (tertiary/aromatic N) is 3. The zero-order valence-corrected chi connectivity index (χ0v) is 14.3. The number of hydrogen-bond donors (Lipinski definition) is 0. The molecule has 130 valence electrons. The van der Waals surface area contributed by atoms with Crippen LogP contribution in [0, 0.1) is 6.92 Å². The molecular weight excluding hydrogens is 330 g/mol. The molecule has 0 unspecified atom stereocenters. The summed E-state index contributed by atoms with van der Waals surface area (Å²) < 4.78 is 12.8. The molecule has 26 heavy (non-hydrogen) atoms. The van der Waals surface area contributed by atoms with E-state index in [2.05, 4.69) is 10.3 Å². The van der Waals surface area contributed by atoms with Crippen molar-refractivity contribution < 1.29 is 9.15 Å². The summed E-state index contributed by atoms with van der Waals surface area (Å²) in [5.74, 6) is 0.615. The molecular formula is C20H17N3O3. The Kier molecular flexibility index (Phi) is 4.23. The van der Waals surface area contributed by atoms with Gasteiger partial charge >= 0.3 is 5.63 Å². The maximum absolute atomic E-state index is 11.5. The molecule has 0 aliphatic carbocycles. The van der Waals surface area contributed by atoms with Gasteiger partial charge in [-0.15, -0.1) is 5.10 Å². The minimum Gasteiger partial charge on any atom is -0.487 e. The van der Waals surface area contributed by atoms with Gasteiger partial charge in [-0.25, -0.2) is 9.48 Å². The number of rotatable bonds is 5. The lowest BCUT2D eigenvalue weighted by Crippen LogP contribution is -2.00. The molecule has 0 aliphatic rings. The molecule has 2 aromatic carbocycles. The van der Waals surface area contributed by atoms with Gasteiger partial charge in [0.15, 0.2) is 0 Å². The number of aryl methyl sites for hydroxylation is 1. The standard InChI is InChI=1S/C20H17N3O3/c1-14-9-20(24)26-19-10-17(7-8-18(14)19)25-13-16-12-23(22-21-16)11-15-5-3-2-4-6-15/h2-10,12H,11,13H2,1H3. The summed E-state index contributed by atoms with van der Waals surface area (Å²) in [4.78, 5) is 11.5. The van der Waals surface area contributed by atoms with Crippen molar-refractivity contribution in [3.8, 4) is 5.75 Å². The Balaban J connectivity index is 1.46. The van der Waals surface area contributed by atoms with Gasteiger partial charge in [0.05, 0.1) is 12.7 Å². The average molecular weight is 347 g/mol. The molecule has 4 aromatic rings. The number of benzene rings is 2. The Morgan fingerprint density at radius 2 is 1.96 bits per heavy atom. The first kappa shape index (κ1) is 16.1. The van der Waals surface area contributed by atoms with Crippen LogP contribution in [-0.4, -0.2) is 15.0 Å². The molecule has 0 saturated carbocycles. The highest BCUT2D eigenvalue weighted by atomic mass is 16.5. The van der Waals surface area contributed by atoms with Gasteiger partial charge in [0.2, 0.25) is 0 Å². The van der Waals surface area contributed by atoms with E-state index in [-0.39, 0.29) is 12.2 Å². The van der Waals surface area contributed by atoms with Crippen molar-refractivity contribution in [2.45, 2.75) is 20.1 Å². The van der Waals surface area contributed by atoms with Gasteiger partial charge in [0.25, 0.3) is 0 Å². The number of hydrogen-bond acceptors (Lipinski definition) is 5. The van der Waals surface area contributed by atoms with Crippen molar-refractivity contribution in [3.05, 3.63) is 88.0 Å². The molecule has 0 bridgehead atoms. The Labute approximate surface area is 149 Å². The quantitative estimate of drug-likeness (QED) is 0.518. The molecule has 0 fully saturated rings. The first-order valence-corrected chi connectivity index (χ1v) is 8.28. The van der Waals surface area contributed by atoms with Gasteiger partial charge in [0, 0.05) is 17.5 Å². The van der Waals surface area contributed by atoms with E-state index in [0.29, 0.717) is 17.9 Å². The first-order valence-electron chi connectivity index (χ1n) is 8.28. The molecule has 6 nitrogen and oxygen atoms in total. The van der Waals surface area contributed by atoms with Crippen molar-refractivity contribution >= 4 is 11.0 Å². The minimum absolute atomic E-state index is 0.288. The maximum atomic E-state index is 11.5. The van der Waals surface area contributed by atoms with E-state index >= 15 is 0 Å². The summed E-state index contributed by atoms with van der Waals surface area (Å²) in [6.07, 6.45) is 1.86. The van der Waals surface area contributed by atoms with Crippen LogP contribution in [-0.2, 0) is 13.2 Å². The largest absolute Gasteiger partial charge is 0.487 e. The van der Waals surface area contributed by atoms with Crippen LogP contribution in [0.15, 0.2) is 70.0 Å². The number of aromatic nitrogens is 3. The molecule has 4 rings (SSSR count). The molecule has 0 N–H and O–H groups in total. The van der Waals surface area contributed by atoms with Crippen LogP contribution in [0.4, 0.5) is 0 Å². The lowest BCUT2D eigenvalue weighted by Gasteiger charge is -2.06. The number of ether oxygens (including phenoxy) is 1. The van der Waals surface area contributed by atoms with E-state index in [0.717, 1.165) is 22.2 Å². The summed E-state index contributed by atoms with van der Waals surface area (Å²) in [5.41, 5.74) is 2.92. The van der Waals surface area contributed by atoms with Crippen LogP contribution in [0.2, 0.25) is 0 Å². The summed E-state index contributed by atoms with van der Waals surface area (Å²) in [6.45, 7) is 2.83. The summed E-state index contributed by atoms with van der Waals surface area (Å²) >= 11 is 0. The first-order chi connectivity index (χ1) is 12.7. The van der Waals surface area contributed by atoms with E-state index in [1.54, 1.807) is 10.7 Å². The van der Waals surface area contributed by atoms with Crippen molar-refractivity contribution in [2.24, 2.45) is 0 Å². The normalized spacial score (nSPS) is 11.0. The third-order valence-electron chi connectivity index (χ3n) is 4.08. The van der Waals surface area contributed by atoms with Crippen LogP contribution < -0.4 is 10.4 Å². The van der Waals surface area contributed by atoms with E-state index < -0.39 is 0 Å². The molecule has 2 heterocycles. The average Bonchev–Trinajstić information content (AvgIpc) is 3.08. The maximum Gasteiger partial charge on any atom is 0.336 e. The monoisotopic (exact) mass is 347 g/mol. The smallest absolute Gasteiger partial charge is 0.336 e. The van der Waals surface area contributed by atoms with Gasteiger partial charge in [-0.2, -0.15) is 0 Å². The zero-order valence-electron chi connectivity index (χ0n) is 14.3. The fourth-order valence-electron chi connectivity index (χ4n) is 2.80. The fraction of sp³-hybridized carbons (Fsp3) is 0.150. The van der Waals surface area contributed by atoms with E-state index in [1.165, 1.54) is 6.07 Å². The Morgan fingerprint density at radius 1 is 1.12 bits per heavy atom. The fourth-order valence-corrected chi connectivity index (χ4v) is 2.80. The van der Waals surface area contributed by atoms with Gasteiger partial charge in [-0.1, -0.05) is 35.5 Å². The summed E-state index contributed by atoms with van der Waals surface area (Å²) in [5, 5.41) is 9.15. The van der Waals surface area contributed by atoms with Crippen LogP contribution in [0.3, 0.4) is 0 Å². The second-order valence-corrected chi connectivity index (χ2v) is 6.09. The van der Waals surface area contributed by atoms with Crippen molar-refractivity contribution in [2.75, 3.05) is 0 Å². The van der Waals surface area contributed by atoms with Gasteiger partial charge in [-0.05, 0) is 30.2 Å². The van der Waals surface area contributed by atoms with Crippen LogP contribution >= 0.6 is 0 Å². The minimum atomic E-state index is -0.365. The Morgan fingerprint density at radius 3 is 2.81 bits per heavy atom. The third-order valence-corrected chi connectivity index (χ3v) is 4.08. The van der Waals surface area contributed by atoms with E-state index in [4.69, 9.17) is 9.15 Å². The second kappa shape index (κ2) is 6.84. The summed E-state index contributed by atoms with van der Waals surface area (Å²) in [6, 6.07) is 17.0. The van der Waals surface area contributed by atoms with Gasteiger partial charge in [-0.3, -0.25) is 0 Å². The van der Waals surface area contributed by atoms with Gasteiger partial charge in [0.1, 0.15) is 23.6 Å². The van der Waals surface area contributed by atoms with Crippen LogP contribution in [0.1, 0.15) is 16.8 Å². The van der Waals surface area contributed by atoms with Crippen molar-refractivity contribution in [1.82, 2.24) is 15.0 Å². The predicted molar refractivity (Wildman–Crippen MR) is 97.1 cm³/mol.